The van der Waals surface area contributed by atoms with Crippen molar-refractivity contribution < 1.29 is 9.53 Å². The van der Waals surface area contributed by atoms with Gasteiger partial charge in [-0.2, -0.15) is 5.10 Å². The topological polar surface area (TPSA) is 82.2 Å². The van der Waals surface area contributed by atoms with E-state index in [1.807, 2.05) is 12.3 Å². The Morgan fingerprint density at radius 1 is 1.45 bits per heavy atom. The highest BCUT2D eigenvalue weighted by atomic mass is 35.5. The predicted octanol–water partition coefficient (Wildman–Crippen LogP) is 2.14. The van der Waals surface area contributed by atoms with Gasteiger partial charge in [0.1, 0.15) is 5.75 Å². The third-order valence-corrected chi connectivity index (χ3v) is 3.26. The van der Waals surface area contributed by atoms with Crippen LogP contribution in [0.5, 0.6) is 5.75 Å². The molecule has 1 amide bonds. The van der Waals surface area contributed by atoms with E-state index in [-0.39, 0.29) is 17.4 Å². The number of nitrogens with two attached hydrogens (primary N) is 1. The Balaban J connectivity index is 2.07. The second kappa shape index (κ2) is 6.13. The third kappa shape index (κ3) is 3.22. The minimum Gasteiger partial charge on any atom is -0.471 e. The third-order valence-electron chi connectivity index (χ3n) is 2.56. The normalized spacial score (nSPS) is 10.4. The molecule has 0 aliphatic heterocycles. The van der Waals surface area contributed by atoms with Gasteiger partial charge >= 0.3 is 0 Å². The van der Waals surface area contributed by atoms with Gasteiger partial charge in [0.05, 0.1) is 5.02 Å². The summed E-state index contributed by atoms with van der Waals surface area (Å²) in [5.41, 5.74) is 2.92. The van der Waals surface area contributed by atoms with E-state index in [9.17, 15) is 4.79 Å². The van der Waals surface area contributed by atoms with Gasteiger partial charge in [0.25, 0.3) is 5.91 Å². The first kappa shape index (κ1) is 14.6. The molecule has 0 aliphatic rings. The van der Waals surface area contributed by atoms with E-state index in [4.69, 9.17) is 33.8 Å². The molecule has 0 aliphatic carbocycles. The highest BCUT2D eigenvalue weighted by molar-refractivity contribution is 6.33. The minimum atomic E-state index is -0.559. The van der Waals surface area contributed by atoms with E-state index >= 15 is 0 Å². The summed E-state index contributed by atoms with van der Waals surface area (Å²) in [5, 5.41) is 4.84. The number of nitrogens with one attached hydrogen (secondary N) is 1. The highest BCUT2D eigenvalue weighted by Crippen LogP contribution is 2.21. The number of carbonyl (C=O) groups excluding carboxylic acids is 1. The summed E-state index contributed by atoms with van der Waals surface area (Å²) in [4.78, 5) is 11.4. The van der Waals surface area contributed by atoms with Gasteiger partial charge in [0.15, 0.2) is 12.4 Å². The average Bonchev–Trinajstić information content (AvgIpc) is 2.80. The molecule has 0 spiro atoms. The second-order valence-corrected chi connectivity index (χ2v) is 4.84. The van der Waals surface area contributed by atoms with Crippen LogP contribution in [0.3, 0.4) is 0 Å². The fourth-order valence-electron chi connectivity index (χ4n) is 1.53. The van der Waals surface area contributed by atoms with Gasteiger partial charge in [0.2, 0.25) is 0 Å². The van der Waals surface area contributed by atoms with E-state index in [1.54, 1.807) is 18.2 Å². The average molecular weight is 315 g/mol. The first-order valence-corrected chi connectivity index (χ1v) is 6.39. The summed E-state index contributed by atoms with van der Waals surface area (Å²) in [5.74, 6) is 5.11. The zero-order valence-corrected chi connectivity index (χ0v) is 12.1. The van der Waals surface area contributed by atoms with Crippen LogP contribution in [0, 0.1) is 6.92 Å². The van der Waals surface area contributed by atoms with Gasteiger partial charge in [-0.3, -0.25) is 10.2 Å². The molecule has 0 atom stereocenters. The Bertz CT molecular complexity index is 642. The van der Waals surface area contributed by atoms with Crippen LogP contribution in [-0.2, 0) is 6.73 Å². The molecule has 20 heavy (non-hydrogen) atoms. The lowest BCUT2D eigenvalue weighted by molar-refractivity contribution is 0.0946. The Hall–Kier alpha value is -1.76. The summed E-state index contributed by atoms with van der Waals surface area (Å²) in [6.07, 6.45) is 1.48. The van der Waals surface area contributed by atoms with Crippen molar-refractivity contribution in [2.75, 3.05) is 0 Å². The Kier molecular flexibility index (Phi) is 4.49. The van der Waals surface area contributed by atoms with Crippen LogP contribution in [-0.4, -0.2) is 15.7 Å². The van der Waals surface area contributed by atoms with Crippen LogP contribution in [0.4, 0.5) is 0 Å². The molecule has 6 nitrogen and oxygen atoms in total. The fraction of sp³-hybridized carbons (Fsp3) is 0.167. The van der Waals surface area contributed by atoms with Gasteiger partial charge in [-0.25, -0.2) is 10.5 Å². The number of ether oxygens (including phenoxy) is 1. The molecule has 0 radical (unpaired) electrons. The number of hydrogen-bond acceptors (Lipinski definition) is 4. The Labute approximate surface area is 125 Å². The fourth-order valence-corrected chi connectivity index (χ4v) is 1.89. The molecule has 1 aromatic carbocycles. The van der Waals surface area contributed by atoms with Gasteiger partial charge in [-0.05, 0) is 30.7 Å². The van der Waals surface area contributed by atoms with E-state index in [0.29, 0.717) is 10.8 Å². The zero-order valence-electron chi connectivity index (χ0n) is 10.6. The lowest BCUT2D eigenvalue weighted by Gasteiger charge is -2.07. The molecule has 0 saturated carbocycles. The summed E-state index contributed by atoms with van der Waals surface area (Å²) in [6.45, 7) is 1.99. The Morgan fingerprint density at radius 2 is 2.20 bits per heavy atom. The van der Waals surface area contributed by atoms with E-state index in [2.05, 4.69) is 5.10 Å². The number of benzene rings is 1. The first-order valence-electron chi connectivity index (χ1n) is 5.64. The van der Waals surface area contributed by atoms with Gasteiger partial charge in [-0.1, -0.05) is 23.2 Å². The molecule has 106 valence electrons. The number of amides is 1. The summed E-state index contributed by atoms with van der Waals surface area (Å²) < 4.78 is 6.93. The smallest absolute Gasteiger partial charge is 0.287 e. The molecule has 2 aromatic rings. The van der Waals surface area contributed by atoms with Crippen LogP contribution in [0.1, 0.15) is 16.1 Å². The number of halogens is 2. The van der Waals surface area contributed by atoms with Gasteiger partial charge < -0.3 is 4.74 Å². The number of hydrazine groups is 1. The first-order chi connectivity index (χ1) is 9.51. The number of nitrogens with zero attached hydrogens (tertiary/aromatic N) is 2. The molecule has 8 heteroatoms. The molecule has 0 bridgehead atoms. The molecular formula is C12H12Cl2N4O2. The molecule has 2 rings (SSSR count). The van der Waals surface area contributed by atoms with Crippen LogP contribution in [0.25, 0.3) is 0 Å². The molecule has 1 heterocycles. The van der Waals surface area contributed by atoms with E-state index < -0.39 is 5.91 Å². The summed E-state index contributed by atoms with van der Waals surface area (Å²) in [7, 11) is 0. The maximum absolute atomic E-state index is 11.4. The monoisotopic (exact) mass is 314 g/mol. The van der Waals surface area contributed by atoms with Crippen molar-refractivity contribution in [1.29, 1.82) is 0 Å². The highest BCUT2D eigenvalue weighted by Gasteiger charge is 2.14. The van der Waals surface area contributed by atoms with Crippen molar-refractivity contribution in [3.63, 3.8) is 0 Å². The molecule has 0 saturated heterocycles. The van der Waals surface area contributed by atoms with Crippen LogP contribution in [0.2, 0.25) is 10.0 Å². The second-order valence-electron chi connectivity index (χ2n) is 4.02. The number of aromatic nitrogens is 2. The Morgan fingerprint density at radius 3 is 2.85 bits per heavy atom. The minimum absolute atomic E-state index is 0.0463. The van der Waals surface area contributed by atoms with E-state index in [0.717, 1.165) is 5.56 Å². The summed E-state index contributed by atoms with van der Waals surface area (Å²) >= 11 is 11.8. The predicted molar refractivity (Wildman–Crippen MR) is 75.7 cm³/mol. The molecule has 1 aromatic heterocycles. The maximum atomic E-state index is 11.4. The van der Waals surface area contributed by atoms with Crippen molar-refractivity contribution in [2.45, 2.75) is 13.7 Å². The number of rotatable bonds is 4. The van der Waals surface area contributed by atoms with Crippen LogP contribution >= 0.6 is 23.2 Å². The van der Waals surface area contributed by atoms with Crippen molar-refractivity contribution in [3.8, 4) is 5.75 Å². The number of hydrogen-bond donors (Lipinski definition) is 2. The largest absolute Gasteiger partial charge is 0.471 e. The van der Waals surface area contributed by atoms with Crippen molar-refractivity contribution in [3.05, 3.63) is 45.7 Å². The standard InChI is InChI=1S/C12H12Cl2N4O2/c1-7-4-8(2-3-9(7)13)20-6-18-5-10(14)11(17-18)12(19)16-15/h2-5H,6,15H2,1H3,(H,16,19). The van der Waals surface area contributed by atoms with Crippen molar-refractivity contribution >= 4 is 29.1 Å². The lowest BCUT2D eigenvalue weighted by Crippen LogP contribution is -2.30. The SMILES string of the molecule is Cc1cc(OCn2cc(Cl)c(C(=O)NN)n2)ccc1Cl. The molecule has 3 N–H and O–H groups in total. The lowest BCUT2D eigenvalue weighted by atomic mass is 10.2. The van der Waals surface area contributed by atoms with Crippen molar-refractivity contribution in [1.82, 2.24) is 15.2 Å². The molecular weight excluding hydrogens is 303 g/mol. The van der Waals surface area contributed by atoms with E-state index in [1.165, 1.54) is 10.9 Å². The summed E-state index contributed by atoms with van der Waals surface area (Å²) in [6, 6.07) is 5.30. The van der Waals surface area contributed by atoms with Crippen LogP contribution < -0.4 is 16.0 Å². The van der Waals surface area contributed by atoms with Crippen LogP contribution in [0.15, 0.2) is 24.4 Å². The van der Waals surface area contributed by atoms with Gasteiger partial charge in [-0.15, -0.1) is 0 Å². The zero-order chi connectivity index (χ0) is 14.7. The maximum Gasteiger partial charge on any atom is 0.287 e. The number of aryl methyl sites for hydroxylation is 1. The number of nitrogen functional groups attached to an aromatic ring is 1. The molecule has 0 fully saturated rings. The molecule has 0 unspecified atom stereocenters. The van der Waals surface area contributed by atoms with Gasteiger partial charge in [0, 0.05) is 11.2 Å². The quantitative estimate of drug-likeness (QED) is 0.514. The van der Waals surface area contributed by atoms with Crippen molar-refractivity contribution in [2.24, 2.45) is 5.84 Å². The number of carbonyl (C=O) groups is 1.